The molecule has 0 bridgehead atoms. The summed E-state index contributed by atoms with van der Waals surface area (Å²) in [6.07, 6.45) is 1.05. The van der Waals surface area contributed by atoms with Crippen LogP contribution in [0.3, 0.4) is 0 Å². The van der Waals surface area contributed by atoms with Crippen molar-refractivity contribution in [1.29, 1.82) is 0 Å². The van der Waals surface area contributed by atoms with E-state index < -0.39 is 34.3 Å². The van der Waals surface area contributed by atoms with E-state index in [0.717, 1.165) is 27.3 Å². The Morgan fingerprint density at radius 2 is 1.43 bits per heavy atom. The molecule has 0 heterocycles. The number of aryl methyl sites for hydroxylation is 1. The van der Waals surface area contributed by atoms with Gasteiger partial charge in [-0.15, -0.1) is 0 Å². The van der Waals surface area contributed by atoms with Gasteiger partial charge in [-0.05, 0) is 42.7 Å². The molecule has 37 heavy (non-hydrogen) atoms. The van der Waals surface area contributed by atoms with Gasteiger partial charge in [-0.2, -0.15) is 4.31 Å². The molecule has 0 saturated carbocycles. The number of hydrogen-bond donors (Lipinski definition) is 1. The Morgan fingerprint density at radius 3 is 2.03 bits per heavy atom. The Morgan fingerprint density at radius 1 is 0.865 bits per heavy atom. The highest BCUT2D eigenvalue weighted by atomic mass is 32.2. The third kappa shape index (κ3) is 8.51. The van der Waals surface area contributed by atoms with Gasteiger partial charge in [-0.1, -0.05) is 72.3 Å². The zero-order valence-corrected chi connectivity index (χ0v) is 22.0. The van der Waals surface area contributed by atoms with Gasteiger partial charge in [0.2, 0.25) is 21.8 Å². The van der Waals surface area contributed by atoms with E-state index in [9.17, 15) is 22.4 Å². The van der Waals surface area contributed by atoms with Crippen LogP contribution in [-0.4, -0.2) is 48.3 Å². The molecule has 0 radical (unpaired) electrons. The summed E-state index contributed by atoms with van der Waals surface area (Å²) in [5, 5.41) is 2.85. The van der Waals surface area contributed by atoms with Crippen LogP contribution in [0, 0.1) is 12.7 Å². The van der Waals surface area contributed by atoms with Crippen molar-refractivity contribution in [1.82, 2.24) is 14.5 Å². The SMILES string of the molecule is Cc1ccc(CNC(=O)[C@@H](C)N(Cc2ccc(F)cc2)C(=O)CN(Cc2ccccc2)S(C)(=O)=O)cc1. The number of halogens is 1. The number of sulfonamides is 1. The number of hydrogen-bond acceptors (Lipinski definition) is 4. The zero-order valence-electron chi connectivity index (χ0n) is 21.2. The van der Waals surface area contributed by atoms with Crippen LogP contribution in [0.15, 0.2) is 78.9 Å². The lowest BCUT2D eigenvalue weighted by molar-refractivity contribution is -0.140. The lowest BCUT2D eigenvalue weighted by atomic mass is 10.1. The Kier molecular flexibility index (Phi) is 9.54. The second-order valence-corrected chi connectivity index (χ2v) is 11.0. The molecule has 3 aromatic rings. The van der Waals surface area contributed by atoms with Crippen LogP contribution < -0.4 is 5.32 Å². The summed E-state index contributed by atoms with van der Waals surface area (Å²) in [5.41, 5.74) is 3.36. The molecule has 0 unspecified atom stereocenters. The van der Waals surface area contributed by atoms with Gasteiger partial charge >= 0.3 is 0 Å². The summed E-state index contributed by atoms with van der Waals surface area (Å²) in [4.78, 5) is 27.9. The maximum absolute atomic E-state index is 13.5. The van der Waals surface area contributed by atoms with Crippen LogP contribution in [0.1, 0.15) is 29.2 Å². The second kappa shape index (κ2) is 12.6. The monoisotopic (exact) mass is 525 g/mol. The third-order valence-electron chi connectivity index (χ3n) is 6.00. The fraction of sp³-hybridized carbons (Fsp3) is 0.286. The molecule has 196 valence electrons. The number of nitrogens with one attached hydrogen (secondary N) is 1. The van der Waals surface area contributed by atoms with Crippen molar-refractivity contribution in [3.05, 3.63) is 107 Å². The maximum atomic E-state index is 13.5. The lowest BCUT2D eigenvalue weighted by Crippen LogP contribution is -2.50. The van der Waals surface area contributed by atoms with E-state index in [4.69, 9.17) is 0 Å². The van der Waals surface area contributed by atoms with E-state index in [1.54, 1.807) is 31.2 Å². The number of benzene rings is 3. The largest absolute Gasteiger partial charge is 0.350 e. The third-order valence-corrected chi connectivity index (χ3v) is 7.20. The Hall–Kier alpha value is -3.56. The Labute approximate surface area is 218 Å². The first-order valence-corrected chi connectivity index (χ1v) is 13.7. The number of carbonyl (C=O) groups excluding carboxylic acids is 2. The lowest BCUT2D eigenvalue weighted by Gasteiger charge is -2.31. The molecule has 0 aromatic heterocycles. The molecular formula is C28H32FN3O4S. The molecule has 0 aliphatic carbocycles. The fourth-order valence-electron chi connectivity index (χ4n) is 3.73. The smallest absolute Gasteiger partial charge is 0.242 e. The molecule has 1 atom stereocenters. The van der Waals surface area contributed by atoms with Crippen LogP contribution in [0.5, 0.6) is 0 Å². The quantitative estimate of drug-likeness (QED) is 0.414. The van der Waals surface area contributed by atoms with Crippen molar-refractivity contribution in [2.24, 2.45) is 0 Å². The van der Waals surface area contributed by atoms with E-state index in [-0.39, 0.29) is 25.5 Å². The van der Waals surface area contributed by atoms with Gasteiger partial charge in [0, 0.05) is 19.6 Å². The Balaban J connectivity index is 1.80. The summed E-state index contributed by atoms with van der Waals surface area (Å²) in [7, 11) is -3.73. The van der Waals surface area contributed by atoms with Gasteiger partial charge in [0.1, 0.15) is 11.9 Å². The van der Waals surface area contributed by atoms with Crippen LogP contribution in [0.4, 0.5) is 4.39 Å². The van der Waals surface area contributed by atoms with Crippen LogP contribution in [0.25, 0.3) is 0 Å². The molecule has 0 spiro atoms. The molecule has 0 saturated heterocycles. The summed E-state index contributed by atoms with van der Waals surface area (Å²) >= 11 is 0. The first-order chi connectivity index (χ1) is 17.5. The highest BCUT2D eigenvalue weighted by molar-refractivity contribution is 7.88. The van der Waals surface area contributed by atoms with Gasteiger partial charge < -0.3 is 10.2 Å². The van der Waals surface area contributed by atoms with Crippen molar-refractivity contribution in [3.8, 4) is 0 Å². The molecule has 0 fully saturated rings. The highest BCUT2D eigenvalue weighted by Gasteiger charge is 2.29. The second-order valence-electron chi connectivity index (χ2n) is 9.04. The number of rotatable bonds is 11. The van der Waals surface area contributed by atoms with Gasteiger partial charge in [-0.25, -0.2) is 12.8 Å². The standard InChI is InChI=1S/C28H32FN3O4S/c1-21-9-11-23(12-10-21)17-30-28(34)22(2)32(19-25-13-15-26(29)16-14-25)27(33)20-31(37(3,35)36)18-24-7-5-4-6-8-24/h4-16,22H,17-20H2,1-3H3,(H,30,34)/t22-/m1/s1. The van der Waals surface area contributed by atoms with Crippen LogP contribution >= 0.6 is 0 Å². The predicted molar refractivity (Wildman–Crippen MR) is 141 cm³/mol. The zero-order chi connectivity index (χ0) is 27.0. The van der Waals surface area contributed by atoms with Crippen molar-refractivity contribution in [3.63, 3.8) is 0 Å². The molecule has 3 rings (SSSR count). The van der Waals surface area contributed by atoms with Crippen molar-refractivity contribution >= 4 is 21.8 Å². The van der Waals surface area contributed by atoms with Crippen molar-refractivity contribution < 1.29 is 22.4 Å². The average Bonchev–Trinajstić information content (AvgIpc) is 2.87. The van der Waals surface area contributed by atoms with E-state index in [2.05, 4.69) is 5.32 Å². The molecular weight excluding hydrogens is 493 g/mol. The van der Waals surface area contributed by atoms with Crippen molar-refractivity contribution in [2.75, 3.05) is 12.8 Å². The van der Waals surface area contributed by atoms with Gasteiger partial charge in [0.05, 0.1) is 12.8 Å². The minimum absolute atomic E-state index is 0.0151. The first-order valence-electron chi connectivity index (χ1n) is 11.9. The van der Waals surface area contributed by atoms with Crippen LogP contribution in [0.2, 0.25) is 0 Å². The van der Waals surface area contributed by atoms with E-state index in [1.807, 2.05) is 37.3 Å². The minimum atomic E-state index is -3.73. The normalized spacial score (nSPS) is 12.2. The minimum Gasteiger partial charge on any atom is -0.350 e. The summed E-state index contributed by atoms with van der Waals surface area (Å²) in [5.74, 6) is -1.34. The molecule has 0 aliphatic heterocycles. The summed E-state index contributed by atoms with van der Waals surface area (Å²) < 4.78 is 39.6. The van der Waals surface area contributed by atoms with Gasteiger partial charge in [0.15, 0.2) is 0 Å². The summed E-state index contributed by atoms with van der Waals surface area (Å²) in [6, 6.07) is 21.4. The van der Waals surface area contributed by atoms with E-state index in [1.165, 1.54) is 29.2 Å². The molecule has 1 N–H and O–H groups in total. The highest BCUT2D eigenvalue weighted by Crippen LogP contribution is 2.14. The Bertz CT molecular complexity index is 1300. The van der Waals surface area contributed by atoms with Gasteiger partial charge in [0.25, 0.3) is 0 Å². The van der Waals surface area contributed by atoms with E-state index >= 15 is 0 Å². The molecule has 7 nitrogen and oxygen atoms in total. The topological polar surface area (TPSA) is 86.8 Å². The van der Waals surface area contributed by atoms with Crippen LogP contribution in [-0.2, 0) is 39.2 Å². The van der Waals surface area contributed by atoms with E-state index in [0.29, 0.717) is 5.56 Å². The molecule has 3 aromatic carbocycles. The predicted octanol–water partition coefficient (Wildman–Crippen LogP) is 3.63. The number of nitrogens with zero attached hydrogens (tertiary/aromatic N) is 2. The first kappa shape index (κ1) is 28.0. The molecule has 9 heteroatoms. The molecule has 0 aliphatic rings. The number of amides is 2. The molecule has 2 amide bonds. The van der Waals surface area contributed by atoms with Gasteiger partial charge in [-0.3, -0.25) is 9.59 Å². The average molecular weight is 526 g/mol. The summed E-state index contributed by atoms with van der Waals surface area (Å²) in [6.45, 7) is 3.44. The number of carbonyl (C=O) groups is 2. The maximum Gasteiger partial charge on any atom is 0.242 e. The van der Waals surface area contributed by atoms with Crippen molar-refractivity contribution in [2.45, 2.75) is 39.5 Å². The fourth-order valence-corrected chi connectivity index (χ4v) is 4.46.